The van der Waals surface area contributed by atoms with Gasteiger partial charge in [0.1, 0.15) is 5.82 Å². The lowest BCUT2D eigenvalue weighted by molar-refractivity contribution is 0.765. The summed E-state index contributed by atoms with van der Waals surface area (Å²) in [5.41, 5.74) is -0.0185. The lowest BCUT2D eigenvalue weighted by Crippen LogP contribution is -2.14. The minimum absolute atomic E-state index is 0.0185. The van der Waals surface area contributed by atoms with Crippen LogP contribution < -0.4 is 11.0 Å². The Morgan fingerprint density at radius 2 is 2.56 bits per heavy atom. The third-order valence-corrected chi connectivity index (χ3v) is 1.51. The summed E-state index contributed by atoms with van der Waals surface area (Å²) in [6.07, 6.45) is 1.69. The number of imidazole rings is 1. The van der Waals surface area contributed by atoms with E-state index in [-0.39, 0.29) is 5.69 Å². The van der Waals surface area contributed by atoms with Crippen LogP contribution in [-0.2, 0) is 6.54 Å². The van der Waals surface area contributed by atoms with E-state index in [1.54, 1.807) is 10.8 Å². The molecule has 0 aliphatic carbocycles. The molecule has 1 aliphatic heterocycles. The topological polar surface area (TPSA) is 49.8 Å². The molecule has 1 aromatic heterocycles. The van der Waals surface area contributed by atoms with Crippen molar-refractivity contribution in [2.45, 2.75) is 6.54 Å². The van der Waals surface area contributed by atoms with Crippen LogP contribution >= 0.6 is 0 Å². The van der Waals surface area contributed by atoms with E-state index in [0.29, 0.717) is 0 Å². The SMILES string of the molecule is O=c1[nH]cc2n1CCN2. The highest BCUT2D eigenvalue weighted by molar-refractivity contribution is 5.35. The lowest BCUT2D eigenvalue weighted by Gasteiger charge is -1.86. The minimum Gasteiger partial charge on any atom is -0.368 e. The molecule has 0 atom stereocenters. The molecule has 0 bridgehead atoms. The van der Waals surface area contributed by atoms with Gasteiger partial charge in [0.2, 0.25) is 0 Å². The quantitative estimate of drug-likeness (QED) is 0.495. The Morgan fingerprint density at radius 1 is 1.67 bits per heavy atom. The van der Waals surface area contributed by atoms with Gasteiger partial charge in [0, 0.05) is 19.3 Å². The van der Waals surface area contributed by atoms with Crippen LogP contribution in [0.1, 0.15) is 0 Å². The Morgan fingerprint density at radius 3 is 3.33 bits per heavy atom. The molecular weight excluding hydrogens is 118 g/mol. The maximum Gasteiger partial charge on any atom is 0.327 e. The number of H-pyrrole nitrogens is 1. The predicted molar refractivity (Wildman–Crippen MR) is 33.5 cm³/mol. The molecule has 4 heteroatoms. The Labute approximate surface area is 51.5 Å². The summed E-state index contributed by atoms with van der Waals surface area (Å²) in [7, 11) is 0. The molecule has 9 heavy (non-hydrogen) atoms. The fourth-order valence-corrected chi connectivity index (χ4v) is 1.06. The standard InChI is InChI=1S/C5H7N3O/c9-5-7-3-4-6-1-2-8(4)5/h3,6H,1-2H2,(H,7,9). The molecule has 1 aromatic rings. The first-order chi connectivity index (χ1) is 4.38. The van der Waals surface area contributed by atoms with E-state index in [0.717, 1.165) is 18.9 Å². The molecule has 0 radical (unpaired) electrons. The molecule has 2 heterocycles. The molecule has 0 amide bonds. The first-order valence-electron chi connectivity index (χ1n) is 2.90. The number of nitrogens with one attached hydrogen (secondary N) is 2. The Hall–Kier alpha value is -1.19. The van der Waals surface area contributed by atoms with E-state index in [9.17, 15) is 4.79 Å². The molecule has 0 spiro atoms. The number of anilines is 1. The molecule has 2 rings (SSSR count). The molecule has 48 valence electrons. The number of nitrogens with zero attached hydrogens (tertiary/aromatic N) is 1. The van der Waals surface area contributed by atoms with Gasteiger partial charge in [-0.25, -0.2) is 4.79 Å². The Kier molecular flexibility index (Phi) is 0.726. The van der Waals surface area contributed by atoms with Crippen molar-refractivity contribution in [3.05, 3.63) is 16.7 Å². The third-order valence-electron chi connectivity index (χ3n) is 1.51. The zero-order valence-electron chi connectivity index (χ0n) is 4.85. The van der Waals surface area contributed by atoms with Gasteiger partial charge in [-0.15, -0.1) is 0 Å². The number of hydrogen-bond donors (Lipinski definition) is 2. The summed E-state index contributed by atoms with van der Waals surface area (Å²) in [4.78, 5) is 13.4. The van der Waals surface area contributed by atoms with Crippen LogP contribution in [0.5, 0.6) is 0 Å². The summed E-state index contributed by atoms with van der Waals surface area (Å²) < 4.78 is 1.68. The van der Waals surface area contributed by atoms with Crippen molar-refractivity contribution >= 4 is 5.82 Å². The van der Waals surface area contributed by atoms with Crippen LogP contribution in [0.15, 0.2) is 11.0 Å². The van der Waals surface area contributed by atoms with Crippen molar-refractivity contribution in [2.24, 2.45) is 0 Å². The molecule has 0 fully saturated rings. The van der Waals surface area contributed by atoms with Gasteiger partial charge in [0.05, 0.1) is 0 Å². The summed E-state index contributed by atoms with van der Waals surface area (Å²) >= 11 is 0. The number of hydrogen-bond acceptors (Lipinski definition) is 2. The summed E-state index contributed by atoms with van der Waals surface area (Å²) in [5.74, 6) is 0.903. The third kappa shape index (κ3) is 0.497. The average Bonchev–Trinajstić information content (AvgIpc) is 2.35. The highest BCUT2D eigenvalue weighted by Gasteiger charge is 2.09. The number of aromatic nitrogens is 2. The van der Waals surface area contributed by atoms with Gasteiger partial charge in [-0.3, -0.25) is 4.57 Å². The smallest absolute Gasteiger partial charge is 0.327 e. The predicted octanol–water partition coefficient (Wildman–Crippen LogP) is -0.398. The molecule has 0 aromatic carbocycles. The van der Waals surface area contributed by atoms with Crippen LogP contribution in [0.2, 0.25) is 0 Å². The first-order valence-corrected chi connectivity index (χ1v) is 2.90. The monoisotopic (exact) mass is 125 g/mol. The Balaban J connectivity index is 2.70. The van der Waals surface area contributed by atoms with Crippen LogP contribution in [0, 0.1) is 0 Å². The van der Waals surface area contributed by atoms with Crippen LogP contribution in [0.4, 0.5) is 5.82 Å². The summed E-state index contributed by atoms with van der Waals surface area (Å²) in [6.45, 7) is 1.66. The van der Waals surface area contributed by atoms with Crippen LogP contribution in [0.25, 0.3) is 0 Å². The van der Waals surface area contributed by atoms with Gasteiger partial charge in [0.15, 0.2) is 0 Å². The van der Waals surface area contributed by atoms with E-state index in [2.05, 4.69) is 10.3 Å². The van der Waals surface area contributed by atoms with E-state index >= 15 is 0 Å². The molecule has 4 nitrogen and oxygen atoms in total. The highest BCUT2D eigenvalue weighted by atomic mass is 16.1. The van der Waals surface area contributed by atoms with Crippen molar-refractivity contribution < 1.29 is 0 Å². The average molecular weight is 125 g/mol. The molecular formula is C5H7N3O. The van der Waals surface area contributed by atoms with Crippen molar-refractivity contribution in [3.63, 3.8) is 0 Å². The minimum atomic E-state index is -0.0185. The van der Waals surface area contributed by atoms with Gasteiger partial charge < -0.3 is 10.3 Å². The summed E-state index contributed by atoms with van der Waals surface area (Å²) in [5, 5.41) is 3.05. The molecule has 2 N–H and O–H groups in total. The van der Waals surface area contributed by atoms with Gasteiger partial charge in [-0.2, -0.15) is 0 Å². The number of fused-ring (bicyclic) bond motifs is 1. The summed E-state index contributed by atoms with van der Waals surface area (Å²) in [6, 6.07) is 0. The molecule has 1 aliphatic rings. The fourth-order valence-electron chi connectivity index (χ4n) is 1.06. The highest BCUT2D eigenvalue weighted by Crippen LogP contribution is 2.06. The number of rotatable bonds is 0. The van der Waals surface area contributed by atoms with Gasteiger partial charge in [-0.1, -0.05) is 0 Å². The van der Waals surface area contributed by atoms with Gasteiger partial charge in [0.25, 0.3) is 0 Å². The van der Waals surface area contributed by atoms with E-state index in [1.807, 2.05) is 0 Å². The second-order valence-electron chi connectivity index (χ2n) is 2.06. The van der Waals surface area contributed by atoms with Crippen molar-refractivity contribution in [3.8, 4) is 0 Å². The second-order valence-corrected chi connectivity index (χ2v) is 2.06. The fraction of sp³-hybridized carbons (Fsp3) is 0.400. The van der Waals surface area contributed by atoms with Crippen molar-refractivity contribution in [1.82, 2.24) is 9.55 Å². The lowest BCUT2D eigenvalue weighted by atomic mass is 10.7. The molecule has 0 unspecified atom stereocenters. The van der Waals surface area contributed by atoms with Crippen molar-refractivity contribution in [1.29, 1.82) is 0 Å². The molecule has 0 saturated carbocycles. The van der Waals surface area contributed by atoms with Crippen LogP contribution in [0.3, 0.4) is 0 Å². The molecule has 0 saturated heterocycles. The second kappa shape index (κ2) is 1.40. The maximum atomic E-state index is 10.8. The normalized spacial score (nSPS) is 15.1. The van der Waals surface area contributed by atoms with Gasteiger partial charge >= 0.3 is 5.69 Å². The van der Waals surface area contributed by atoms with Crippen molar-refractivity contribution in [2.75, 3.05) is 11.9 Å². The zero-order valence-corrected chi connectivity index (χ0v) is 4.85. The largest absolute Gasteiger partial charge is 0.368 e. The van der Waals surface area contributed by atoms with E-state index in [4.69, 9.17) is 0 Å². The maximum absolute atomic E-state index is 10.8. The van der Waals surface area contributed by atoms with Crippen LogP contribution in [-0.4, -0.2) is 16.1 Å². The van der Waals surface area contributed by atoms with E-state index in [1.165, 1.54) is 0 Å². The first kappa shape index (κ1) is 4.67. The zero-order chi connectivity index (χ0) is 6.27. The number of aromatic amines is 1. The Bertz CT molecular complexity index is 272. The van der Waals surface area contributed by atoms with Gasteiger partial charge in [-0.05, 0) is 0 Å². The van der Waals surface area contributed by atoms with E-state index < -0.39 is 0 Å².